The van der Waals surface area contributed by atoms with Crippen molar-refractivity contribution in [2.24, 2.45) is 5.11 Å². The molecule has 1 aliphatic rings. The van der Waals surface area contributed by atoms with E-state index >= 15 is 0 Å². The number of hydrogen-bond acceptors (Lipinski definition) is 6. The Morgan fingerprint density at radius 2 is 1.21 bits per heavy atom. The van der Waals surface area contributed by atoms with Crippen LogP contribution in [0.3, 0.4) is 0 Å². The van der Waals surface area contributed by atoms with Gasteiger partial charge in [-0.1, -0.05) is 126 Å². The number of azide groups is 1. The highest BCUT2D eigenvalue weighted by atomic mass is 32.2. The van der Waals surface area contributed by atoms with Gasteiger partial charge in [0.15, 0.2) is 0 Å². The molecule has 0 saturated carbocycles. The number of rotatable bonds is 9. The molecule has 0 aromatic heterocycles. The van der Waals surface area contributed by atoms with Crippen molar-refractivity contribution in [3.63, 3.8) is 0 Å². The van der Waals surface area contributed by atoms with Crippen molar-refractivity contribution in [3.05, 3.63) is 148 Å². The Kier molecular flexibility index (Phi) is 8.64. The maximum absolute atomic E-state index is 11.1. The van der Waals surface area contributed by atoms with Gasteiger partial charge in [-0.05, 0) is 34.4 Å². The second-order valence-electron chi connectivity index (χ2n) is 9.24. The van der Waals surface area contributed by atoms with Gasteiger partial charge in [0.1, 0.15) is 29.3 Å². The summed E-state index contributed by atoms with van der Waals surface area (Å²) in [6, 6.07) is 38.3. The first kappa shape index (κ1) is 27.0. The fraction of sp³-hybridized carbons (Fsp3) is 0.226. The highest BCUT2D eigenvalue weighted by Gasteiger charge is 2.46. The summed E-state index contributed by atoms with van der Waals surface area (Å²) in [4.78, 5) is 3.78. The molecular weight excluding hydrogens is 510 g/mol. The number of benzene rings is 4. The molecule has 1 aliphatic heterocycles. The van der Waals surface area contributed by atoms with E-state index in [0.29, 0.717) is 0 Å². The maximum Gasteiger partial charge on any atom is 0.143 e. The van der Waals surface area contributed by atoms with Crippen LogP contribution in [0.1, 0.15) is 16.7 Å². The summed E-state index contributed by atoms with van der Waals surface area (Å²) in [6.45, 7) is -0.0360. The molecule has 1 fully saturated rings. The number of aliphatic hydroxyl groups excluding tert-OH is 2. The van der Waals surface area contributed by atoms with Crippen LogP contribution in [-0.4, -0.2) is 46.6 Å². The molecule has 0 aliphatic carbocycles. The number of nitrogens with zero attached hydrogens (tertiary/aromatic N) is 3. The third-order valence-electron chi connectivity index (χ3n) is 6.85. The zero-order chi connectivity index (χ0) is 27.1. The summed E-state index contributed by atoms with van der Waals surface area (Å²) in [5, 5.41) is 25.8. The van der Waals surface area contributed by atoms with E-state index in [9.17, 15) is 10.2 Å². The molecule has 0 spiro atoms. The molecule has 1 unspecified atom stereocenters. The van der Waals surface area contributed by atoms with Gasteiger partial charge in [0.25, 0.3) is 0 Å². The van der Waals surface area contributed by atoms with Gasteiger partial charge < -0.3 is 19.7 Å². The summed E-state index contributed by atoms with van der Waals surface area (Å²) < 4.78 is 13.1. The van der Waals surface area contributed by atoms with Gasteiger partial charge in [-0.25, -0.2) is 0 Å². The van der Waals surface area contributed by atoms with E-state index in [-0.39, 0.29) is 6.61 Å². The lowest BCUT2D eigenvalue weighted by Gasteiger charge is -2.43. The fourth-order valence-electron chi connectivity index (χ4n) is 4.94. The van der Waals surface area contributed by atoms with Crippen LogP contribution in [0.4, 0.5) is 0 Å². The maximum atomic E-state index is 11.1. The molecule has 0 bridgehead atoms. The first-order valence-electron chi connectivity index (χ1n) is 12.7. The van der Waals surface area contributed by atoms with Gasteiger partial charge in [0.2, 0.25) is 0 Å². The molecule has 2 N–H and O–H groups in total. The largest absolute Gasteiger partial charge is 0.390 e. The fourth-order valence-corrected chi connectivity index (χ4v) is 6.08. The average Bonchev–Trinajstić information content (AvgIpc) is 3.00. The highest BCUT2D eigenvalue weighted by Crippen LogP contribution is 2.42. The number of ether oxygens (including phenoxy) is 2. The SMILES string of the molecule is [N-]=[N+]=N[C@H]1C(Sc2ccccc2)O[C@H](COC(c2ccccc2)(c2ccccc2)c2ccccc2)[C@H](O)[C@@H]1O. The minimum atomic E-state index is -1.33. The van der Waals surface area contributed by atoms with E-state index in [0.717, 1.165) is 21.6 Å². The molecular formula is C31H29N3O4S. The number of aliphatic hydroxyl groups is 2. The van der Waals surface area contributed by atoms with Gasteiger partial charge in [0, 0.05) is 9.81 Å². The van der Waals surface area contributed by atoms with Crippen molar-refractivity contribution < 1.29 is 19.7 Å². The van der Waals surface area contributed by atoms with Gasteiger partial charge in [-0.15, -0.1) is 0 Å². The summed E-state index contributed by atoms with van der Waals surface area (Å²) >= 11 is 1.33. The van der Waals surface area contributed by atoms with Crippen molar-refractivity contribution >= 4 is 11.8 Å². The molecule has 39 heavy (non-hydrogen) atoms. The summed E-state index contributed by atoms with van der Waals surface area (Å²) in [5.41, 5.74) is 10.1. The van der Waals surface area contributed by atoms with E-state index in [1.807, 2.05) is 121 Å². The molecule has 1 heterocycles. The third kappa shape index (κ3) is 5.72. The lowest BCUT2D eigenvalue weighted by Crippen LogP contribution is -2.57. The van der Waals surface area contributed by atoms with Gasteiger partial charge in [-0.3, -0.25) is 0 Å². The second kappa shape index (κ2) is 12.5. The first-order valence-corrected chi connectivity index (χ1v) is 13.6. The normalized spacial score (nSPS) is 23.1. The van der Waals surface area contributed by atoms with Crippen molar-refractivity contribution in [2.45, 2.75) is 40.3 Å². The average molecular weight is 540 g/mol. The van der Waals surface area contributed by atoms with Crippen LogP contribution in [-0.2, 0) is 15.1 Å². The molecule has 0 radical (unpaired) electrons. The predicted octanol–water partition coefficient (Wildman–Crippen LogP) is 5.91. The molecule has 5 atom stereocenters. The molecule has 4 aromatic rings. The summed E-state index contributed by atoms with van der Waals surface area (Å²) in [7, 11) is 0. The van der Waals surface area contributed by atoms with Crippen molar-refractivity contribution in [1.29, 1.82) is 0 Å². The smallest absolute Gasteiger partial charge is 0.143 e. The van der Waals surface area contributed by atoms with E-state index in [1.165, 1.54) is 11.8 Å². The lowest BCUT2D eigenvalue weighted by molar-refractivity contribution is -0.182. The van der Waals surface area contributed by atoms with Crippen LogP contribution in [0.25, 0.3) is 10.4 Å². The Morgan fingerprint density at radius 1 is 0.744 bits per heavy atom. The lowest BCUT2D eigenvalue weighted by atomic mass is 9.80. The van der Waals surface area contributed by atoms with E-state index in [2.05, 4.69) is 10.0 Å². The van der Waals surface area contributed by atoms with Crippen molar-refractivity contribution in [3.8, 4) is 0 Å². The van der Waals surface area contributed by atoms with Gasteiger partial charge in [-0.2, -0.15) is 0 Å². The highest BCUT2D eigenvalue weighted by molar-refractivity contribution is 7.99. The van der Waals surface area contributed by atoms with Crippen LogP contribution in [0.2, 0.25) is 0 Å². The van der Waals surface area contributed by atoms with Crippen LogP contribution in [0.15, 0.2) is 131 Å². The van der Waals surface area contributed by atoms with Gasteiger partial charge >= 0.3 is 0 Å². The van der Waals surface area contributed by atoms with Crippen LogP contribution < -0.4 is 0 Å². The Bertz CT molecular complexity index is 1280. The standard InChI is InChI=1S/C31H29N3O4S/c32-34-33-27-29(36)28(35)26(38-30(27)39-25-19-11-4-12-20-25)21-37-31(22-13-5-1-6-14-22,23-15-7-2-8-16-23)24-17-9-3-10-18-24/h1-20,26-30,35-36H,21H2/t26-,27-,28+,29-,30?/m1/s1. The van der Waals surface area contributed by atoms with E-state index in [1.54, 1.807) is 0 Å². The summed E-state index contributed by atoms with van der Waals surface area (Å²) in [6.07, 6.45) is -3.54. The number of thioether (sulfide) groups is 1. The Hall–Kier alpha value is -3.62. The summed E-state index contributed by atoms with van der Waals surface area (Å²) in [5.74, 6) is 0. The Labute approximate surface area is 231 Å². The Balaban J connectivity index is 1.51. The molecule has 4 aromatic carbocycles. The van der Waals surface area contributed by atoms with Crippen LogP contribution in [0.5, 0.6) is 0 Å². The number of hydrogen-bond donors (Lipinski definition) is 2. The zero-order valence-electron chi connectivity index (χ0n) is 21.1. The Morgan fingerprint density at radius 3 is 1.67 bits per heavy atom. The zero-order valence-corrected chi connectivity index (χ0v) is 21.9. The molecule has 0 amide bonds. The first-order chi connectivity index (χ1) is 19.1. The predicted molar refractivity (Wildman–Crippen MR) is 151 cm³/mol. The minimum absolute atomic E-state index is 0.0360. The molecule has 8 heteroatoms. The monoisotopic (exact) mass is 539 g/mol. The van der Waals surface area contributed by atoms with Crippen molar-refractivity contribution in [2.75, 3.05) is 6.61 Å². The minimum Gasteiger partial charge on any atom is -0.390 e. The van der Waals surface area contributed by atoms with Crippen LogP contribution in [0, 0.1) is 0 Å². The molecule has 5 rings (SSSR count). The quantitative estimate of drug-likeness (QED) is 0.119. The topological polar surface area (TPSA) is 108 Å². The second-order valence-corrected chi connectivity index (χ2v) is 10.4. The molecule has 1 saturated heterocycles. The van der Waals surface area contributed by atoms with E-state index in [4.69, 9.17) is 15.0 Å². The molecule has 198 valence electrons. The van der Waals surface area contributed by atoms with E-state index < -0.39 is 35.4 Å². The third-order valence-corrected chi connectivity index (χ3v) is 8.02. The van der Waals surface area contributed by atoms with Crippen molar-refractivity contribution in [1.82, 2.24) is 0 Å². The molecule has 7 nitrogen and oxygen atoms in total. The van der Waals surface area contributed by atoms with Crippen LogP contribution >= 0.6 is 11.8 Å². The van der Waals surface area contributed by atoms with Gasteiger partial charge in [0.05, 0.1) is 12.7 Å².